The first-order valence-corrected chi connectivity index (χ1v) is 3.41. The zero-order chi connectivity index (χ0) is 7.11. The van der Waals surface area contributed by atoms with Crippen molar-refractivity contribution in [3.8, 4) is 0 Å². The number of carbonyl (C=O) groups excluding carboxylic acids is 1. The Bertz CT molecular complexity index is 181. The highest BCUT2D eigenvalue weighted by atomic mass is 79.9. The van der Waals surface area contributed by atoms with Gasteiger partial charge in [0, 0.05) is 0 Å². The fourth-order valence-electron chi connectivity index (χ4n) is 0.160. The van der Waals surface area contributed by atoms with Crippen LogP contribution in [0.15, 0.2) is 9.43 Å². The lowest BCUT2D eigenvalue weighted by Crippen LogP contribution is -1.58. The Hall–Kier alpha value is -0.580. The molecule has 1 aromatic heterocycles. The number of hydrogen-bond acceptors (Lipinski definition) is 4. The van der Waals surface area contributed by atoms with Crippen molar-refractivity contribution in [2.45, 2.75) is 0 Å². The molecule has 0 aromatic carbocycles. The molecule has 1 heterocycles. The fourth-order valence-corrected chi connectivity index (χ4v) is 0.777. The number of isocyanates is 1. The van der Waals surface area contributed by atoms with Crippen molar-refractivity contribution in [1.29, 1.82) is 0 Å². The van der Waals surface area contributed by atoms with E-state index >= 15 is 0 Å². The molecule has 0 radical (unpaired) electrons. The number of hydrogen-bond donors (Lipinski definition) is 0. The van der Waals surface area contributed by atoms with E-state index in [2.05, 4.69) is 26.1 Å². The van der Waals surface area contributed by atoms with Gasteiger partial charge in [0.2, 0.25) is 0 Å². The average molecular weight is 207 g/mol. The summed E-state index contributed by atoms with van der Waals surface area (Å²) in [6.45, 7) is 0. The molecule has 0 saturated heterocycles. The summed E-state index contributed by atoms with van der Waals surface area (Å²) < 4.78 is 0.836. The van der Waals surface area contributed by atoms with Crippen molar-refractivity contribution < 1.29 is 4.79 Å². The number of halogens is 1. The molecule has 0 spiro atoms. The summed E-state index contributed by atoms with van der Waals surface area (Å²) in [4.78, 5) is 8.24. The quantitative estimate of drug-likeness (QED) is 0.474. The van der Waals surface area contributed by atoms with Crippen LogP contribution in [0, 0.1) is 0 Å². The number of rotatable bonds is 0. The van der Waals surface area contributed by atoms with Crippen LogP contribution in [0.1, 0.15) is 0 Å². The SMILES string of the molecule is Brc1nncs1.[N-]=C=O. The van der Waals surface area contributed by atoms with Gasteiger partial charge in [0.05, 0.1) is 0 Å². The first-order chi connectivity index (χ1) is 4.31. The predicted octanol–water partition coefficient (Wildman–Crippen LogP) is 1.19. The van der Waals surface area contributed by atoms with Crippen LogP contribution < -0.4 is 0 Å². The molecule has 0 aliphatic heterocycles. The molecule has 0 N–H and O–H groups in total. The minimum Gasteiger partial charge on any atom is -0.724 e. The second-order valence-electron chi connectivity index (χ2n) is 0.783. The topological polar surface area (TPSA) is 65.2 Å². The Morgan fingerprint density at radius 3 is 2.56 bits per heavy atom. The standard InChI is InChI=1S/C2HBrN2S.CNO/c3-2-5-4-1-6-2;2-1-3/h1H;/q;-1. The van der Waals surface area contributed by atoms with E-state index in [1.54, 1.807) is 5.51 Å². The van der Waals surface area contributed by atoms with E-state index in [4.69, 9.17) is 10.2 Å². The molecule has 48 valence electrons. The van der Waals surface area contributed by atoms with Gasteiger partial charge in [-0.3, -0.25) is 4.79 Å². The monoisotopic (exact) mass is 206 g/mol. The molecule has 0 bridgehead atoms. The Balaban J connectivity index is 0.000000187. The number of nitrogens with zero attached hydrogens (tertiary/aromatic N) is 3. The lowest BCUT2D eigenvalue weighted by molar-refractivity contribution is 0.569. The minimum absolute atomic E-state index is 0.500. The first kappa shape index (κ1) is 8.42. The van der Waals surface area contributed by atoms with E-state index in [1.807, 2.05) is 0 Å². The molecule has 0 amide bonds. The van der Waals surface area contributed by atoms with Crippen LogP contribution in [0.3, 0.4) is 0 Å². The van der Waals surface area contributed by atoms with E-state index in [1.165, 1.54) is 11.3 Å². The molecular formula is C3HBrN3OS-. The van der Waals surface area contributed by atoms with Crippen LogP contribution in [0.5, 0.6) is 0 Å². The minimum atomic E-state index is 0.500. The molecule has 1 aromatic rings. The molecule has 0 atom stereocenters. The maximum atomic E-state index is 8.24. The van der Waals surface area contributed by atoms with Gasteiger partial charge in [-0.1, -0.05) is 11.3 Å². The third-order valence-corrected chi connectivity index (χ3v) is 1.53. The normalized spacial score (nSPS) is 6.78. The molecule has 6 heteroatoms. The van der Waals surface area contributed by atoms with Gasteiger partial charge >= 0.3 is 0 Å². The summed E-state index contributed by atoms with van der Waals surface area (Å²) >= 11 is 4.60. The van der Waals surface area contributed by atoms with Crippen LogP contribution in [-0.4, -0.2) is 16.3 Å². The van der Waals surface area contributed by atoms with Crippen molar-refractivity contribution >= 4 is 33.3 Å². The highest BCUT2D eigenvalue weighted by Gasteiger charge is 1.80. The van der Waals surface area contributed by atoms with Crippen molar-refractivity contribution in [2.24, 2.45) is 0 Å². The molecule has 9 heavy (non-hydrogen) atoms. The molecular weight excluding hydrogens is 206 g/mol. The third kappa shape index (κ3) is 5.29. The van der Waals surface area contributed by atoms with Crippen molar-refractivity contribution in [2.75, 3.05) is 0 Å². The van der Waals surface area contributed by atoms with Gasteiger partial charge in [-0.2, -0.15) is 0 Å². The van der Waals surface area contributed by atoms with Crippen molar-refractivity contribution in [3.63, 3.8) is 0 Å². The van der Waals surface area contributed by atoms with Crippen LogP contribution in [-0.2, 0) is 4.79 Å². The highest BCUT2D eigenvalue weighted by molar-refractivity contribution is 9.11. The van der Waals surface area contributed by atoms with Crippen LogP contribution in [0.2, 0.25) is 0 Å². The van der Waals surface area contributed by atoms with Crippen LogP contribution >= 0.6 is 27.3 Å². The van der Waals surface area contributed by atoms with Gasteiger partial charge in [-0.05, 0) is 22.0 Å². The summed E-state index contributed by atoms with van der Waals surface area (Å²) in [6.07, 6.45) is 0.500. The lowest BCUT2D eigenvalue weighted by Gasteiger charge is -1.58. The summed E-state index contributed by atoms with van der Waals surface area (Å²) in [6, 6.07) is 0. The summed E-state index contributed by atoms with van der Waals surface area (Å²) in [5, 5.41) is 13.9. The number of aromatic nitrogens is 2. The van der Waals surface area contributed by atoms with Crippen molar-refractivity contribution in [3.05, 3.63) is 14.8 Å². The second kappa shape index (κ2) is 5.55. The predicted molar refractivity (Wildman–Crippen MR) is 36.7 cm³/mol. The first-order valence-electron chi connectivity index (χ1n) is 1.74. The van der Waals surface area contributed by atoms with E-state index in [9.17, 15) is 0 Å². The fraction of sp³-hybridized carbons (Fsp3) is 0. The van der Waals surface area contributed by atoms with E-state index in [-0.39, 0.29) is 0 Å². The average Bonchev–Trinajstić information content (AvgIpc) is 2.20. The summed E-state index contributed by atoms with van der Waals surface area (Å²) in [7, 11) is 0. The molecule has 4 nitrogen and oxygen atoms in total. The smallest absolute Gasteiger partial charge is 0.183 e. The molecule has 0 unspecified atom stereocenters. The van der Waals surface area contributed by atoms with E-state index in [0.717, 1.165) is 3.92 Å². The van der Waals surface area contributed by atoms with Gasteiger partial charge in [0.25, 0.3) is 0 Å². The largest absolute Gasteiger partial charge is 0.724 e. The lowest BCUT2D eigenvalue weighted by atomic mass is 11.6. The zero-order valence-corrected chi connectivity index (χ0v) is 6.52. The molecule has 0 aliphatic rings. The van der Waals surface area contributed by atoms with Crippen LogP contribution in [0.4, 0.5) is 0 Å². The van der Waals surface area contributed by atoms with Gasteiger partial charge in [0.15, 0.2) is 3.92 Å². The molecule has 0 fully saturated rings. The molecule has 0 aliphatic carbocycles. The summed E-state index contributed by atoms with van der Waals surface area (Å²) in [5.41, 5.74) is 1.67. The Morgan fingerprint density at radius 1 is 1.89 bits per heavy atom. The Morgan fingerprint density at radius 2 is 2.44 bits per heavy atom. The maximum absolute atomic E-state index is 8.24. The van der Waals surface area contributed by atoms with Gasteiger partial charge < -0.3 is 5.41 Å². The van der Waals surface area contributed by atoms with E-state index < -0.39 is 0 Å². The zero-order valence-electron chi connectivity index (χ0n) is 4.11. The van der Waals surface area contributed by atoms with Gasteiger partial charge in [-0.25, -0.2) is 0 Å². The van der Waals surface area contributed by atoms with E-state index in [0.29, 0.717) is 6.08 Å². The third-order valence-electron chi connectivity index (χ3n) is 0.333. The highest BCUT2D eigenvalue weighted by Crippen LogP contribution is 2.07. The van der Waals surface area contributed by atoms with Crippen LogP contribution in [0.25, 0.3) is 5.41 Å². The Kier molecular flexibility index (Phi) is 5.20. The Labute approximate surface area is 63.6 Å². The maximum Gasteiger partial charge on any atom is 0.183 e. The van der Waals surface area contributed by atoms with Crippen molar-refractivity contribution in [1.82, 2.24) is 10.2 Å². The molecule has 0 saturated carbocycles. The van der Waals surface area contributed by atoms with Gasteiger partial charge in [-0.15, -0.1) is 10.2 Å². The molecule has 1 rings (SSSR count). The van der Waals surface area contributed by atoms with Gasteiger partial charge in [0.1, 0.15) is 5.51 Å². The second-order valence-corrected chi connectivity index (χ2v) is 2.89. The summed E-state index contributed by atoms with van der Waals surface area (Å²) in [5.74, 6) is 0.